The molecule has 1 aromatic rings. The summed E-state index contributed by atoms with van der Waals surface area (Å²) in [6.45, 7) is 4.17. The van der Waals surface area contributed by atoms with Gasteiger partial charge in [-0.15, -0.1) is 0 Å². The fourth-order valence-corrected chi connectivity index (χ4v) is 3.40. The van der Waals surface area contributed by atoms with Crippen LogP contribution >= 0.6 is 0 Å². The van der Waals surface area contributed by atoms with Gasteiger partial charge in [-0.3, -0.25) is 4.90 Å². The van der Waals surface area contributed by atoms with Crippen LogP contribution < -0.4 is 10.1 Å². The largest absolute Gasteiger partial charge is 0.494 e. The van der Waals surface area contributed by atoms with Crippen LogP contribution in [0, 0.1) is 11.7 Å². The Morgan fingerprint density at radius 3 is 3.11 bits per heavy atom. The third-order valence-electron chi connectivity index (χ3n) is 4.40. The predicted molar refractivity (Wildman–Crippen MR) is 72.7 cm³/mol. The van der Waals surface area contributed by atoms with Crippen molar-refractivity contribution in [2.75, 3.05) is 26.7 Å². The van der Waals surface area contributed by atoms with E-state index >= 15 is 0 Å². The minimum atomic E-state index is -0.266. The Kier molecular flexibility index (Phi) is 3.71. The number of halogens is 1. The number of piperidine rings is 1. The first-order valence-electron chi connectivity index (χ1n) is 7.05. The molecule has 19 heavy (non-hydrogen) atoms. The molecule has 2 fully saturated rings. The molecule has 2 heterocycles. The van der Waals surface area contributed by atoms with Crippen molar-refractivity contribution in [2.45, 2.75) is 25.4 Å². The summed E-state index contributed by atoms with van der Waals surface area (Å²) in [5.41, 5.74) is 1.03. The van der Waals surface area contributed by atoms with Gasteiger partial charge in [0.2, 0.25) is 0 Å². The van der Waals surface area contributed by atoms with Gasteiger partial charge in [-0.25, -0.2) is 4.39 Å². The van der Waals surface area contributed by atoms with Crippen LogP contribution in [0.5, 0.6) is 5.75 Å². The number of fused-ring (bicyclic) bond motifs is 1. The van der Waals surface area contributed by atoms with Crippen LogP contribution in [0.2, 0.25) is 0 Å². The number of hydrogen-bond acceptors (Lipinski definition) is 3. The molecule has 0 aliphatic carbocycles. The van der Waals surface area contributed by atoms with Crippen molar-refractivity contribution in [3.63, 3.8) is 0 Å². The topological polar surface area (TPSA) is 24.5 Å². The third-order valence-corrected chi connectivity index (χ3v) is 4.40. The average molecular weight is 264 g/mol. The highest BCUT2D eigenvalue weighted by atomic mass is 19.1. The highest BCUT2D eigenvalue weighted by Crippen LogP contribution is 2.28. The molecule has 3 nitrogen and oxygen atoms in total. The molecular formula is C15H21FN2O. The van der Waals surface area contributed by atoms with Gasteiger partial charge in [0.1, 0.15) is 0 Å². The Morgan fingerprint density at radius 2 is 2.32 bits per heavy atom. The first kappa shape index (κ1) is 12.9. The maximum Gasteiger partial charge on any atom is 0.165 e. The van der Waals surface area contributed by atoms with Crippen LogP contribution in [0.15, 0.2) is 18.2 Å². The van der Waals surface area contributed by atoms with Gasteiger partial charge in [-0.05, 0) is 49.5 Å². The van der Waals surface area contributed by atoms with E-state index in [0.29, 0.717) is 11.8 Å². The molecule has 104 valence electrons. The quantitative estimate of drug-likeness (QED) is 0.904. The monoisotopic (exact) mass is 264 g/mol. The van der Waals surface area contributed by atoms with Crippen molar-refractivity contribution in [1.82, 2.24) is 10.2 Å². The molecule has 3 rings (SSSR count). The molecule has 0 bridgehead atoms. The minimum absolute atomic E-state index is 0.266. The Balaban J connectivity index is 1.72. The van der Waals surface area contributed by atoms with Gasteiger partial charge in [-0.1, -0.05) is 6.07 Å². The van der Waals surface area contributed by atoms with E-state index in [4.69, 9.17) is 4.74 Å². The molecule has 1 aromatic carbocycles. The van der Waals surface area contributed by atoms with E-state index in [9.17, 15) is 4.39 Å². The first-order chi connectivity index (χ1) is 9.28. The zero-order valence-corrected chi connectivity index (χ0v) is 11.4. The Hall–Kier alpha value is -1.13. The molecule has 2 atom stereocenters. The summed E-state index contributed by atoms with van der Waals surface area (Å²) < 4.78 is 18.7. The molecule has 4 heteroatoms. The van der Waals surface area contributed by atoms with Gasteiger partial charge in [0, 0.05) is 19.1 Å². The van der Waals surface area contributed by atoms with Gasteiger partial charge in [-0.2, -0.15) is 0 Å². The second-order valence-corrected chi connectivity index (χ2v) is 5.57. The molecule has 2 saturated heterocycles. The molecule has 2 aliphatic heterocycles. The summed E-state index contributed by atoms with van der Waals surface area (Å²) in [5.74, 6) is 0.831. The lowest BCUT2D eigenvalue weighted by atomic mass is 9.91. The second kappa shape index (κ2) is 5.47. The molecule has 1 N–H and O–H groups in total. The van der Waals surface area contributed by atoms with Gasteiger partial charge < -0.3 is 10.1 Å². The predicted octanol–water partition coefficient (Wildman–Crippen LogP) is 2.02. The minimum Gasteiger partial charge on any atom is -0.494 e. The number of likely N-dealkylation sites (tertiary alicyclic amines) is 1. The standard InChI is InChI=1S/C15H21FN2O/c1-19-15-5-4-11(7-13(15)16)10-18-6-2-3-12-8-17-9-14(12)18/h4-5,7,12,14,17H,2-3,6,8-10H2,1H3. The lowest BCUT2D eigenvalue weighted by Gasteiger charge is -2.37. The highest BCUT2D eigenvalue weighted by Gasteiger charge is 2.34. The fraction of sp³-hybridized carbons (Fsp3) is 0.600. The van der Waals surface area contributed by atoms with Crippen LogP contribution in [0.3, 0.4) is 0 Å². The lowest BCUT2D eigenvalue weighted by molar-refractivity contribution is 0.117. The van der Waals surface area contributed by atoms with Gasteiger partial charge in [0.25, 0.3) is 0 Å². The Morgan fingerprint density at radius 1 is 1.42 bits per heavy atom. The summed E-state index contributed by atoms with van der Waals surface area (Å²) in [6.07, 6.45) is 2.58. The number of nitrogens with one attached hydrogen (secondary N) is 1. The van der Waals surface area contributed by atoms with E-state index in [-0.39, 0.29) is 5.82 Å². The third kappa shape index (κ3) is 2.60. The van der Waals surface area contributed by atoms with Crippen molar-refractivity contribution >= 4 is 0 Å². The SMILES string of the molecule is COc1ccc(CN2CCCC3CNCC32)cc1F. The molecule has 0 radical (unpaired) electrons. The summed E-state index contributed by atoms with van der Waals surface area (Å²) in [4.78, 5) is 2.50. The number of methoxy groups -OCH3 is 1. The van der Waals surface area contributed by atoms with Gasteiger partial charge in [0.05, 0.1) is 7.11 Å². The number of rotatable bonds is 3. The van der Waals surface area contributed by atoms with E-state index in [1.54, 1.807) is 12.1 Å². The highest BCUT2D eigenvalue weighted by molar-refractivity contribution is 5.29. The van der Waals surface area contributed by atoms with Gasteiger partial charge >= 0.3 is 0 Å². The first-order valence-corrected chi connectivity index (χ1v) is 7.05. The smallest absolute Gasteiger partial charge is 0.165 e. The Bertz CT molecular complexity index is 452. The molecule has 0 amide bonds. The van der Waals surface area contributed by atoms with Crippen molar-refractivity contribution < 1.29 is 9.13 Å². The van der Waals surface area contributed by atoms with E-state index in [2.05, 4.69) is 10.2 Å². The van der Waals surface area contributed by atoms with E-state index in [0.717, 1.165) is 37.7 Å². The number of ether oxygens (including phenoxy) is 1. The summed E-state index contributed by atoms with van der Waals surface area (Å²) in [5, 5.41) is 3.47. The molecule has 2 unspecified atom stereocenters. The molecule has 0 saturated carbocycles. The second-order valence-electron chi connectivity index (χ2n) is 5.57. The lowest BCUT2D eigenvalue weighted by Crippen LogP contribution is -2.44. The van der Waals surface area contributed by atoms with Crippen LogP contribution in [-0.4, -0.2) is 37.7 Å². The van der Waals surface area contributed by atoms with Gasteiger partial charge in [0.15, 0.2) is 11.6 Å². The van der Waals surface area contributed by atoms with Crippen LogP contribution in [0.25, 0.3) is 0 Å². The Labute approximate surface area is 113 Å². The zero-order chi connectivity index (χ0) is 13.2. The van der Waals surface area contributed by atoms with E-state index < -0.39 is 0 Å². The zero-order valence-electron chi connectivity index (χ0n) is 11.4. The van der Waals surface area contributed by atoms with Crippen molar-refractivity contribution in [3.8, 4) is 5.75 Å². The van der Waals surface area contributed by atoms with Crippen molar-refractivity contribution in [3.05, 3.63) is 29.6 Å². The number of hydrogen-bond donors (Lipinski definition) is 1. The maximum atomic E-state index is 13.7. The van der Waals surface area contributed by atoms with Crippen LogP contribution in [-0.2, 0) is 6.54 Å². The maximum absolute atomic E-state index is 13.7. The molecule has 0 spiro atoms. The average Bonchev–Trinajstić information content (AvgIpc) is 2.88. The normalized spacial score (nSPS) is 27.3. The molecule has 2 aliphatic rings. The van der Waals surface area contributed by atoms with E-state index in [1.807, 2.05) is 6.07 Å². The molecule has 0 aromatic heterocycles. The summed E-state index contributed by atoms with van der Waals surface area (Å²) in [7, 11) is 1.50. The summed E-state index contributed by atoms with van der Waals surface area (Å²) >= 11 is 0. The van der Waals surface area contributed by atoms with Crippen LogP contribution in [0.4, 0.5) is 4.39 Å². The number of benzene rings is 1. The number of nitrogens with zero attached hydrogens (tertiary/aromatic N) is 1. The van der Waals surface area contributed by atoms with Crippen molar-refractivity contribution in [1.29, 1.82) is 0 Å². The van der Waals surface area contributed by atoms with E-state index in [1.165, 1.54) is 20.0 Å². The van der Waals surface area contributed by atoms with Crippen LogP contribution in [0.1, 0.15) is 18.4 Å². The van der Waals surface area contributed by atoms with Crippen molar-refractivity contribution in [2.24, 2.45) is 5.92 Å². The fourth-order valence-electron chi connectivity index (χ4n) is 3.40. The molecular weight excluding hydrogens is 243 g/mol. The summed E-state index contributed by atoms with van der Waals surface area (Å²) in [6, 6.07) is 5.91.